The van der Waals surface area contributed by atoms with Gasteiger partial charge < -0.3 is 14.8 Å². The smallest absolute Gasteiger partial charge is 0.340 e. The number of phenolic OH excluding ortho intramolecular Hbond substituents is 1. The lowest BCUT2D eigenvalue weighted by atomic mass is 9.98. The first-order valence-corrected chi connectivity index (χ1v) is 9.13. The van der Waals surface area contributed by atoms with Crippen LogP contribution in [-0.2, 0) is 17.6 Å². The molecule has 0 atom stereocenters. The van der Waals surface area contributed by atoms with E-state index in [4.69, 9.17) is 15.3 Å². The van der Waals surface area contributed by atoms with E-state index in [-0.39, 0.29) is 18.8 Å². The molecule has 0 fully saturated rings. The summed E-state index contributed by atoms with van der Waals surface area (Å²) in [6.07, 6.45) is 2.49. The van der Waals surface area contributed by atoms with Gasteiger partial charge in [0.05, 0.1) is 35.4 Å². The topological polar surface area (TPSA) is 110 Å². The van der Waals surface area contributed by atoms with Crippen molar-refractivity contribution in [2.75, 3.05) is 6.61 Å². The zero-order valence-electron chi connectivity index (χ0n) is 15.9. The summed E-state index contributed by atoms with van der Waals surface area (Å²) in [6.45, 7) is 1.99. The summed E-state index contributed by atoms with van der Waals surface area (Å²) in [5.41, 5.74) is 4.30. The molecular formula is C23H19N3O3. The molecule has 1 aromatic heterocycles. The molecule has 2 N–H and O–H groups in total. The van der Waals surface area contributed by atoms with Crippen LogP contribution in [0.2, 0.25) is 0 Å². The Morgan fingerprint density at radius 3 is 2.38 bits per heavy atom. The van der Waals surface area contributed by atoms with Crippen molar-refractivity contribution in [2.24, 2.45) is 0 Å². The first-order valence-electron chi connectivity index (χ1n) is 9.13. The van der Waals surface area contributed by atoms with Crippen LogP contribution in [-0.4, -0.2) is 22.7 Å². The number of nitriles is 2. The van der Waals surface area contributed by atoms with E-state index in [2.05, 4.69) is 11.1 Å². The van der Waals surface area contributed by atoms with Crippen molar-refractivity contribution in [1.29, 1.82) is 10.5 Å². The number of aromatic nitrogens is 1. The summed E-state index contributed by atoms with van der Waals surface area (Å²) in [7, 11) is 0. The fourth-order valence-corrected chi connectivity index (χ4v) is 3.15. The highest BCUT2D eigenvalue weighted by molar-refractivity contribution is 5.93. The molecule has 3 aromatic rings. The maximum atomic E-state index is 12.6. The molecule has 0 unspecified atom stereocenters. The molecule has 6 nitrogen and oxygen atoms in total. The molecule has 3 rings (SSSR count). The number of nitrogens with one attached hydrogen (secondary N) is 1. The quantitative estimate of drug-likeness (QED) is 0.627. The maximum Gasteiger partial charge on any atom is 0.340 e. The van der Waals surface area contributed by atoms with Gasteiger partial charge in [-0.2, -0.15) is 10.5 Å². The number of nitrogens with zero attached hydrogens (tertiary/aromatic N) is 2. The molecule has 0 amide bonds. The molecule has 0 saturated carbocycles. The van der Waals surface area contributed by atoms with Gasteiger partial charge in [0.25, 0.3) is 0 Å². The highest BCUT2D eigenvalue weighted by atomic mass is 16.5. The minimum absolute atomic E-state index is 0.0575. The number of hydrogen-bond acceptors (Lipinski definition) is 5. The molecule has 1 heterocycles. The Bertz CT molecular complexity index is 1120. The van der Waals surface area contributed by atoms with Crippen molar-refractivity contribution in [3.8, 4) is 17.9 Å². The molecule has 0 radical (unpaired) electrons. The van der Waals surface area contributed by atoms with Gasteiger partial charge in [-0.1, -0.05) is 12.1 Å². The highest BCUT2D eigenvalue weighted by Gasteiger charge is 2.21. The second-order valence-corrected chi connectivity index (χ2v) is 6.51. The number of benzene rings is 2. The number of esters is 1. The Balaban J connectivity index is 1.96. The highest BCUT2D eigenvalue weighted by Crippen LogP contribution is 2.26. The third-order valence-corrected chi connectivity index (χ3v) is 4.58. The molecular weight excluding hydrogens is 366 g/mol. The lowest BCUT2D eigenvalue weighted by molar-refractivity contribution is 0.0524. The van der Waals surface area contributed by atoms with Crippen LogP contribution in [0.3, 0.4) is 0 Å². The molecule has 0 bridgehead atoms. The minimum atomic E-state index is -0.441. The molecule has 144 valence electrons. The number of rotatable bonds is 6. The van der Waals surface area contributed by atoms with Crippen molar-refractivity contribution in [3.05, 3.63) is 87.7 Å². The van der Waals surface area contributed by atoms with Gasteiger partial charge in [-0.05, 0) is 54.8 Å². The van der Waals surface area contributed by atoms with Crippen molar-refractivity contribution in [1.82, 2.24) is 4.98 Å². The molecule has 2 aromatic carbocycles. The number of H-pyrrole nitrogens is 1. The van der Waals surface area contributed by atoms with E-state index in [1.165, 1.54) is 12.1 Å². The van der Waals surface area contributed by atoms with Crippen LogP contribution in [0.4, 0.5) is 0 Å². The molecule has 6 heteroatoms. The Morgan fingerprint density at radius 2 is 1.72 bits per heavy atom. The van der Waals surface area contributed by atoms with E-state index in [1.54, 1.807) is 31.3 Å². The number of aromatic hydroxyl groups is 1. The second-order valence-electron chi connectivity index (χ2n) is 6.51. The molecule has 0 aliphatic rings. The van der Waals surface area contributed by atoms with Gasteiger partial charge >= 0.3 is 5.97 Å². The minimum Gasteiger partial charge on any atom is -0.508 e. The van der Waals surface area contributed by atoms with Gasteiger partial charge in [-0.3, -0.25) is 0 Å². The lowest BCUT2D eigenvalue weighted by Crippen LogP contribution is -2.10. The largest absolute Gasteiger partial charge is 0.508 e. The van der Waals surface area contributed by atoms with Gasteiger partial charge in [-0.25, -0.2) is 4.79 Å². The average Bonchev–Trinajstić information content (AvgIpc) is 3.12. The fraction of sp³-hybridized carbons (Fsp3) is 0.174. The summed E-state index contributed by atoms with van der Waals surface area (Å²) in [4.78, 5) is 15.8. The second kappa shape index (κ2) is 8.77. The van der Waals surface area contributed by atoms with Crippen LogP contribution >= 0.6 is 0 Å². The van der Waals surface area contributed by atoms with E-state index in [0.29, 0.717) is 34.4 Å². The number of ether oxygens (including phenoxy) is 1. The van der Waals surface area contributed by atoms with Crippen LogP contribution in [0.5, 0.6) is 5.75 Å². The number of aromatic amines is 1. The molecule has 0 spiro atoms. The van der Waals surface area contributed by atoms with Gasteiger partial charge in [0.15, 0.2) is 0 Å². The van der Waals surface area contributed by atoms with Gasteiger partial charge in [-0.15, -0.1) is 0 Å². The predicted molar refractivity (Wildman–Crippen MR) is 106 cm³/mol. The monoisotopic (exact) mass is 385 g/mol. The molecule has 0 aliphatic carbocycles. The zero-order chi connectivity index (χ0) is 20.8. The lowest BCUT2D eigenvalue weighted by Gasteiger charge is -2.09. The van der Waals surface area contributed by atoms with E-state index in [9.17, 15) is 9.90 Å². The summed E-state index contributed by atoms with van der Waals surface area (Å²) < 4.78 is 5.24. The fourth-order valence-electron chi connectivity index (χ4n) is 3.15. The SMILES string of the molecule is CCOC(=O)c1c(Cc2ccc(C#N)cc2)c[nH]c1Cc1cc(C#N)ccc1O. The number of carbonyl (C=O) groups excluding carboxylic acids is 1. The van der Waals surface area contributed by atoms with Gasteiger partial charge in [0.2, 0.25) is 0 Å². The number of phenols is 1. The first kappa shape index (κ1) is 19.7. The summed E-state index contributed by atoms with van der Waals surface area (Å²) in [5, 5.41) is 28.2. The standard InChI is InChI=1S/C23H19N3O3/c1-2-29-23(28)22-19(9-15-3-5-16(12-24)6-4-15)14-26-20(22)11-18-10-17(13-25)7-8-21(18)27/h3-8,10,14,26-27H,2,9,11H2,1H3. The summed E-state index contributed by atoms with van der Waals surface area (Å²) in [6, 6.07) is 15.9. The summed E-state index contributed by atoms with van der Waals surface area (Å²) in [5.74, 6) is -0.384. The van der Waals surface area contributed by atoms with Crippen LogP contribution in [0.15, 0.2) is 48.7 Å². The van der Waals surface area contributed by atoms with Crippen LogP contribution in [0, 0.1) is 22.7 Å². The normalized spacial score (nSPS) is 10.2. The third-order valence-electron chi connectivity index (χ3n) is 4.58. The Hall–Kier alpha value is -4.03. The molecule has 0 saturated heterocycles. The van der Waals surface area contributed by atoms with Crippen LogP contribution in [0.1, 0.15) is 50.8 Å². The average molecular weight is 385 g/mol. The van der Waals surface area contributed by atoms with Gasteiger partial charge in [0.1, 0.15) is 5.75 Å². The van der Waals surface area contributed by atoms with Crippen molar-refractivity contribution < 1.29 is 14.6 Å². The Kier molecular flexibility index (Phi) is 5.97. The van der Waals surface area contributed by atoms with Crippen molar-refractivity contribution in [3.63, 3.8) is 0 Å². The van der Waals surface area contributed by atoms with E-state index >= 15 is 0 Å². The summed E-state index contributed by atoms with van der Waals surface area (Å²) >= 11 is 0. The third kappa shape index (κ3) is 4.45. The molecule has 29 heavy (non-hydrogen) atoms. The predicted octanol–water partition coefficient (Wildman–Crippen LogP) is 3.82. The van der Waals surface area contributed by atoms with E-state index in [1.807, 2.05) is 18.2 Å². The molecule has 0 aliphatic heterocycles. The Morgan fingerprint density at radius 1 is 1.03 bits per heavy atom. The van der Waals surface area contributed by atoms with Crippen LogP contribution in [0.25, 0.3) is 0 Å². The number of hydrogen-bond donors (Lipinski definition) is 2. The number of carbonyl (C=O) groups is 1. The Labute approximate surface area is 168 Å². The van der Waals surface area contributed by atoms with E-state index in [0.717, 1.165) is 11.1 Å². The van der Waals surface area contributed by atoms with Crippen molar-refractivity contribution >= 4 is 5.97 Å². The first-order chi connectivity index (χ1) is 14.0. The zero-order valence-corrected chi connectivity index (χ0v) is 15.9. The van der Waals surface area contributed by atoms with Crippen LogP contribution < -0.4 is 0 Å². The van der Waals surface area contributed by atoms with E-state index < -0.39 is 5.97 Å². The maximum absolute atomic E-state index is 12.6. The van der Waals surface area contributed by atoms with Gasteiger partial charge in [0, 0.05) is 23.9 Å². The van der Waals surface area contributed by atoms with Crippen molar-refractivity contribution in [2.45, 2.75) is 19.8 Å².